The molecule has 0 atom stereocenters. The molecule has 0 spiro atoms. The van der Waals surface area contributed by atoms with Crippen LogP contribution in [0.2, 0.25) is 0 Å². The van der Waals surface area contributed by atoms with E-state index in [0.29, 0.717) is 17.1 Å². The highest BCUT2D eigenvalue weighted by Crippen LogP contribution is 2.21. The number of rotatable bonds is 7. The van der Waals surface area contributed by atoms with Gasteiger partial charge in [-0.3, -0.25) is 9.59 Å². The van der Waals surface area contributed by atoms with Crippen molar-refractivity contribution < 1.29 is 22.8 Å². The van der Waals surface area contributed by atoms with Gasteiger partial charge in [-0.25, -0.2) is 18.2 Å². The summed E-state index contributed by atoms with van der Waals surface area (Å²) in [5.74, 6) is -3.58. The van der Waals surface area contributed by atoms with E-state index in [-0.39, 0.29) is 29.4 Å². The molecule has 4 aromatic rings. The standard InChI is InChI=1S/C25H20F3N5O2/c1-14(2)33-13-29-32-24(33)21-4-3-5-23(30-21)31-25(35)17-10-15(6-8-18(17)26)11-22(34)16-7-9-19(27)20(28)12-16/h3-10,12-14H,11H2,1-2H3,(H,30,31,35). The first kappa shape index (κ1) is 23.8. The van der Waals surface area contributed by atoms with Crippen molar-refractivity contribution >= 4 is 17.5 Å². The normalized spacial score (nSPS) is 11.0. The average Bonchev–Trinajstić information content (AvgIpc) is 3.33. The minimum Gasteiger partial charge on any atom is -0.310 e. The number of amides is 1. The summed E-state index contributed by atoms with van der Waals surface area (Å²) in [5, 5.41) is 10.5. The van der Waals surface area contributed by atoms with E-state index >= 15 is 0 Å². The van der Waals surface area contributed by atoms with Crippen LogP contribution in [0.4, 0.5) is 19.0 Å². The van der Waals surface area contributed by atoms with Crippen LogP contribution in [0.25, 0.3) is 11.5 Å². The molecule has 35 heavy (non-hydrogen) atoms. The minimum atomic E-state index is -1.14. The van der Waals surface area contributed by atoms with Gasteiger partial charge in [0.1, 0.15) is 23.7 Å². The summed E-state index contributed by atoms with van der Waals surface area (Å²) in [6.45, 7) is 3.93. The number of anilines is 1. The molecule has 0 bridgehead atoms. The topological polar surface area (TPSA) is 89.8 Å². The van der Waals surface area contributed by atoms with Crippen LogP contribution in [0, 0.1) is 17.5 Å². The van der Waals surface area contributed by atoms with E-state index in [2.05, 4.69) is 20.5 Å². The maximum Gasteiger partial charge on any atom is 0.259 e. The van der Waals surface area contributed by atoms with Gasteiger partial charge in [0.05, 0.1) is 5.56 Å². The predicted molar refractivity (Wildman–Crippen MR) is 122 cm³/mol. The van der Waals surface area contributed by atoms with Crippen molar-refractivity contribution in [2.24, 2.45) is 0 Å². The number of aromatic nitrogens is 4. The van der Waals surface area contributed by atoms with Crippen molar-refractivity contribution in [1.29, 1.82) is 0 Å². The second-order valence-electron chi connectivity index (χ2n) is 8.06. The number of carbonyl (C=O) groups is 2. The van der Waals surface area contributed by atoms with Crippen molar-refractivity contribution in [2.75, 3.05) is 5.32 Å². The molecule has 10 heteroatoms. The molecule has 0 aliphatic carbocycles. The van der Waals surface area contributed by atoms with Crippen LogP contribution >= 0.6 is 0 Å². The van der Waals surface area contributed by atoms with Gasteiger partial charge in [0.15, 0.2) is 23.2 Å². The number of carbonyl (C=O) groups excluding carboxylic acids is 2. The Morgan fingerprint density at radius 3 is 2.49 bits per heavy atom. The summed E-state index contributed by atoms with van der Waals surface area (Å²) >= 11 is 0. The maximum absolute atomic E-state index is 14.4. The third-order valence-corrected chi connectivity index (χ3v) is 5.23. The summed E-state index contributed by atoms with van der Waals surface area (Å²) in [5.41, 5.74) is 0.478. The first-order valence-electron chi connectivity index (χ1n) is 10.7. The van der Waals surface area contributed by atoms with Crippen LogP contribution in [0.15, 0.2) is 60.9 Å². The Bertz CT molecular complexity index is 1420. The summed E-state index contributed by atoms with van der Waals surface area (Å²) in [6.07, 6.45) is 1.35. The van der Waals surface area contributed by atoms with Gasteiger partial charge >= 0.3 is 0 Å². The van der Waals surface area contributed by atoms with Crippen molar-refractivity contribution in [2.45, 2.75) is 26.3 Å². The van der Waals surface area contributed by atoms with Crippen molar-refractivity contribution in [1.82, 2.24) is 19.7 Å². The molecular formula is C25H20F3N5O2. The monoisotopic (exact) mass is 479 g/mol. The fourth-order valence-corrected chi connectivity index (χ4v) is 3.43. The number of Topliss-reactive ketones (excluding diaryl/α,β-unsaturated/α-hetero) is 1. The Morgan fingerprint density at radius 1 is 0.971 bits per heavy atom. The maximum atomic E-state index is 14.4. The van der Waals surface area contributed by atoms with E-state index in [0.717, 1.165) is 24.3 Å². The lowest BCUT2D eigenvalue weighted by atomic mass is 10.0. The lowest BCUT2D eigenvalue weighted by molar-refractivity contribution is 0.0987. The Hall–Kier alpha value is -4.34. The first-order valence-corrected chi connectivity index (χ1v) is 10.7. The number of pyridine rings is 1. The molecular weight excluding hydrogens is 459 g/mol. The fourth-order valence-electron chi connectivity index (χ4n) is 3.43. The van der Waals surface area contributed by atoms with Gasteiger partial charge in [0, 0.05) is 18.0 Å². The summed E-state index contributed by atoms with van der Waals surface area (Å²) in [4.78, 5) is 29.6. The highest BCUT2D eigenvalue weighted by atomic mass is 19.2. The van der Waals surface area contributed by atoms with Crippen molar-refractivity contribution in [3.8, 4) is 11.5 Å². The van der Waals surface area contributed by atoms with Gasteiger partial charge in [-0.1, -0.05) is 12.1 Å². The first-order chi connectivity index (χ1) is 16.7. The molecule has 2 aromatic heterocycles. The minimum absolute atomic E-state index is 0.0329. The third kappa shape index (κ3) is 5.26. The highest BCUT2D eigenvalue weighted by molar-refractivity contribution is 6.04. The molecule has 0 aliphatic heterocycles. The Morgan fingerprint density at radius 2 is 1.74 bits per heavy atom. The highest BCUT2D eigenvalue weighted by Gasteiger charge is 2.17. The number of nitrogens with one attached hydrogen (secondary N) is 1. The number of hydrogen-bond donors (Lipinski definition) is 1. The Balaban J connectivity index is 1.53. The molecule has 1 N–H and O–H groups in total. The summed E-state index contributed by atoms with van der Waals surface area (Å²) in [6, 6.07) is 11.5. The van der Waals surface area contributed by atoms with Crippen molar-refractivity contribution in [3.63, 3.8) is 0 Å². The van der Waals surface area contributed by atoms with Crippen molar-refractivity contribution in [3.05, 3.63) is 95.1 Å². The number of nitrogens with zero attached hydrogens (tertiary/aromatic N) is 4. The molecule has 0 fully saturated rings. The largest absolute Gasteiger partial charge is 0.310 e. The van der Waals surface area contributed by atoms with Crippen LogP contribution in [0.5, 0.6) is 0 Å². The number of hydrogen-bond acceptors (Lipinski definition) is 5. The molecule has 178 valence electrons. The third-order valence-electron chi connectivity index (χ3n) is 5.23. The van der Waals surface area contributed by atoms with E-state index in [9.17, 15) is 22.8 Å². The molecule has 1 amide bonds. The van der Waals surface area contributed by atoms with E-state index in [1.54, 1.807) is 24.5 Å². The van der Waals surface area contributed by atoms with E-state index in [4.69, 9.17) is 0 Å². The van der Waals surface area contributed by atoms with Gasteiger partial charge in [0.2, 0.25) is 0 Å². The number of halogens is 3. The van der Waals surface area contributed by atoms with Crippen LogP contribution in [-0.4, -0.2) is 31.4 Å². The van der Waals surface area contributed by atoms with Crippen LogP contribution in [0.3, 0.4) is 0 Å². The smallest absolute Gasteiger partial charge is 0.259 e. The SMILES string of the molecule is CC(C)n1cnnc1-c1cccc(NC(=O)c2cc(CC(=O)c3ccc(F)c(F)c3)ccc2F)n1. The average molecular weight is 479 g/mol. The second kappa shape index (κ2) is 9.88. The Kier molecular flexibility index (Phi) is 6.72. The van der Waals surface area contributed by atoms with Crippen LogP contribution in [-0.2, 0) is 6.42 Å². The fraction of sp³-hybridized carbons (Fsp3) is 0.160. The summed E-state index contributed by atoms with van der Waals surface area (Å²) in [7, 11) is 0. The number of benzene rings is 2. The second-order valence-corrected chi connectivity index (χ2v) is 8.06. The molecule has 0 saturated carbocycles. The molecule has 2 heterocycles. The van der Waals surface area contributed by atoms with E-state index in [1.807, 2.05) is 18.4 Å². The van der Waals surface area contributed by atoms with Gasteiger partial charge in [-0.15, -0.1) is 10.2 Å². The molecule has 0 unspecified atom stereocenters. The zero-order valence-corrected chi connectivity index (χ0v) is 18.8. The molecule has 7 nitrogen and oxygen atoms in total. The van der Waals surface area contributed by atoms with Crippen LogP contribution in [0.1, 0.15) is 46.2 Å². The summed E-state index contributed by atoms with van der Waals surface area (Å²) < 4.78 is 42.8. The zero-order chi connectivity index (χ0) is 25.1. The van der Waals surface area contributed by atoms with Crippen LogP contribution < -0.4 is 5.32 Å². The molecule has 2 aromatic carbocycles. The van der Waals surface area contributed by atoms with E-state index < -0.39 is 29.1 Å². The molecule has 0 radical (unpaired) electrons. The van der Waals surface area contributed by atoms with E-state index in [1.165, 1.54) is 12.1 Å². The van der Waals surface area contributed by atoms with Gasteiger partial charge in [-0.2, -0.15) is 0 Å². The number of ketones is 1. The lowest BCUT2D eigenvalue weighted by Gasteiger charge is -2.11. The predicted octanol–water partition coefficient (Wildman–Crippen LogP) is 5.02. The molecule has 0 saturated heterocycles. The van der Waals surface area contributed by atoms with Gasteiger partial charge < -0.3 is 9.88 Å². The van der Waals surface area contributed by atoms with Gasteiger partial charge in [0.25, 0.3) is 5.91 Å². The quantitative estimate of drug-likeness (QED) is 0.376. The zero-order valence-electron chi connectivity index (χ0n) is 18.8. The molecule has 4 rings (SSSR count). The Labute approximate surface area is 198 Å². The molecule has 0 aliphatic rings. The van der Waals surface area contributed by atoms with Gasteiger partial charge in [-0.05, 0) is 61.9 Å². The lowest BCUT2D eigenvalue weighted by Crippen LogP contribution is -2.16.